The molecule has 3 amide bonds. The van der Waals surface area contributed by atoms with Crippen LogP contribution in [-0.2, 0) is 14.4 Å². The summed E-state index contributed by atoms with van der Waals surface area (Å²) in [6.07, 6.45) is 5.55. The number of nitrogens with zero attached hydrogens (tertiary/aromatic N) is 1. The molecule has 6 nitrogen and oxygen atoms in total. The Kier molecular flexibility index (Phi) is 3.64. The van der Waals surface area contributed by atoms with E-state index in [-0.39, 0.29) is 54.4 Å². The van der Waals surface area contributed by atoms with Crippen LogP contribution in [0.2, 0.25) is 0 Å². The van der Waals surface area contributed by atoms with E-state index in [0.717, 1.165) is 6.42 Å². The first kappa shape index (κ1) is 16.5. The number of imide groups is 1. The highest BCUT2D eigenvalue weighted by atomic mass is 16.5. The lowest BCUT2D eigenvalue weighted by Crippen LogP contribution is -2.40. The summed E-state index contributed by atoms with van der Waals surface area (Å²) < 4.78 is 5.23. The van der Waals surface area contributed by atoms with Crippen molar-refractivity contribution in [2.24, 2.45) is 35.5 Å². The van der Waals surface area contributed by atoms with Crippen LogP contribution in [0.5, 0.6) is 5.75 Å². The molecule has 6 atom stereocenters. The third-order valence-electron chi connectivity index (χ3n) is 6.70. The molecule has 4 aliphatic carbocycles. The lowest BCUT2D eigenvalue weighted by molar-refractivity contribution is -0.140. The molecule has 0 spiro atoms. The molecule has 1 aromatic carbocycles. The van der Waals surface area contributed by atoms with Gasteiger partial charge in [0.05, 0.1) is 24.6 Å². The Labute approximate surface area is 157 Å². The molecule has 1 saturated heterocycles. The number of likely N-dealkylation sites (tertiary alicyclic amines) is 1. The third kappa shape index (κ3) is 2.42. The van der Waals surface area contributed by atoms with Gasteiger partial charge in [0.2, 0.25) is 17.7 Å². The van der Waals surface area contributed by atoms with Gasteiger partial charge in [-0.2, -0.15) is 0 Å². The van der Waals surface area contributed by atoms with Gasteiger partial charge in [-0.15, -0.1) is 0 Å². The van der Waals surface area contributed by atoms with Crippen molar-refractivity contribution in [1.82, 2.24) is 4.90 Å². The largest absolute Gasteiger partial charge is 0.495 e. The van der Waals surface area contributed by atoms with Gasteiger partial charge in [-0.05, 0) is 42.2 Å². The Morgan fingerprint density at radius 2 is 1.74 bits per heavy atom. The van der Waals surface area contributed by atoms with Gasteiger partial charge in [0.25, 0.3) is 0 Å². The minimum atomic E-state index is -0.237. The van der Waals surface area contributed by atoms with Crippen molar-refractivity contribution >= 4 is 23.4 Å². The van der Waals surface area contributed by atoms with Gasteiger partial charge in [0.15, 0.2) is 0 Å². The highest BCUT2D eigenvalue weighted by molar-refractivity contribution is 6.06. The van der Waals surface area contributed by atoms with Gasteiger partial charge in [-0.3, -0.25) is 19.3 Å². The molecule has 1 aliphatic heterocycles. The molecule has 2 bridgehead atoms. The molecule has 140 valence electrons. The average Bonchev–Trinajstić information content (AvgIpc) is 3.46. The predicted octanol–water partition coefficient (Wildman–Crippen LogP) is 2.08. The number of allylic oxidation sites excluding steroid dienone is 2. The normalized spacial score (nSPS) is 35.1. The molecule has 1 N–H and O–H groups in total. The van der Waals surface area contributed by atoms with E-state index < -0.39 is 0 Å². The second-order valence-electron chi connectivity index (χ2n) is 7.98. The van der Waals surface area contributed by atoms with Crippen molar-refractivity contribution in [2.75, 3.05) is 19.0 Å². The summed E-state index contributed by atoms with van der Waals surface area (Å²) in [5, 5.41) is 2.80. The molecule has 1 aromatic rings. The van der Waals surface area contributed by atoms with Crippen LogP contribution in [0.15, 0.2) is 36.4 Å². The van der Waals surface area contributed by atoms with E-state index in [1.165, 1.54) is 4.90 Å². The van der Waals surface area contributed by atoms with Crippen LogP contribution in [0.3, 0.4) is 0 Å². The Morgan fingerprint density at radius 3 is 2.37 bits per heavy atom. The van der Waals surface area contributed by atoms with Gasteiger partial charge in [0.1, 0.15) is 5.75 Å². The minimum Gasteiger partial charge on any atom is -0.495 e. The van der Waals surface area contributed by atoms with Crippen LogP contribution >= 0.6 is 0 Å². The first-order chi connectivity index (χ1) is 13.1. The van der Waals surface area contributed by atoms with Crippen molar-refractivity contribution in [1.29, 1.82) is 0 Å². The molecule has 6 rings (SSSR count). The Morgan fingerprint density at radius 1 is 1.11 bits per heavy atom. The Hall–Kier alpha value is -2.63. The highest BCUT2D eigenvalue weighted by Gasteiger charge is 2.66. The van der Waals surface area contributed by atoms with Crippen molar-refractivity contribution in [2.45, 2.75) is 12.8 Å². The number of hydrogen-bond acceptors (Lipinski definition) is 4. The summed E-state index contributed by atoms with van der Waals surface area (Å²) in [7, 11) is 1.54. The van der Waals surface area contributed by atoms with E-state index >= 15 is 0 Å². The number of methoxy groups -OCH3 is 1. The van der Waals surface area contributed by atoms with Gasteiger partial charge < -0.3 is 10.1 Å². The SMILES string of the molecule is COc1ccccc1NC(=O)CCN1C(=O)[C@@H]2[C@H]3C=C[C@H]([C@H]4C[C@H]34)[C@@H]2C1=O. The van der Waals surface area contributed by atoms with Crippen LogP contribution in [0.1, 0.15) is 12.8 Å². The Balaban J connectivity index is 1.25. The molecule has 3 fully saturated rings. The molecule has 5 aliphatic rings. The van der Waals surface area contributed by atoms with Crippen LogP contribution in [0.25, 0.3) is 0 Å². The maximum absolute atomic E-state index is 12.9. The number of ether oxygens (including phenoxy) is 1. The molecule has 27 heavy (non-hydrogen) atoms. The first-order valence-corrected chi connectivity index (χ1v) is 9.56. The molecule has 2 saturated carbocycles. The fourth-order valence-electron chi connectivity index (χ4n) is 5.41. The van der Waals surface area contributed by atoms with Crippen LogP contribution in [0.4, 0.5) is 5.69 Å². The molecule has 1 heterocycles. The summed E-state index contributed by atoms with van der Waals surface area (Å²) in [5.74, 6) is 1.38. The van der Waals surface area contributed by atoms with E-state index in [1.807, 2.05) is 12.1 Å². The van der Waals surface area contributed by atoms with E-state index in [4.69, 9.17) is 4.74 Å². The second-order valence-corrected chi connectivity index (χ2v) is 7.98. The van der Waals surface area contributed by atoms with E-state index in [9.17, 15) is 14.4 Å². The second kappa shape index (κ2) is 5.94. The van der Waals surface area contributed by atoms with Crippen molar-refractivity contribution in [3.63, 3.8) is 0 Å². The van der Waals surface area contributed by atoms with Crippen molar-refractivity contribution in [3.05, 3.63) is 36.4 Å². The van der Waals surface area contributed by atoms with Crippen LogP contribution < -0.4 is 10.1 Å². The predicted molar refractivity (Wildman–Crippen MR) is 97.7 cm³/mol. The van der Waals surface area contributed by atoms with E-state index in [1.54, 1.807) is 19.2 Å². The van der Waals surface area contributed by atoms with Gasteiger partial charge in [-0.25, -0.2) is 0 Å². The van der Waals surface area contributed by atoms with Gasteiger partial charge >= 0.3 is 0 Å². The number of rotatable bonds is 5. The van der Waals surface area contributed by atoms with Crippen molar-refractivity contribution < 1.29 is 19.1 Å². The fourth-order valence-corrected chi connectivity index (χ4v) is 5.41. The van der Waals surface area contributed by atoms with Gasteiger partial charge in [0, 0.05) is 13.0 Å². The third-order valence-corrected chi connectivity index (χ3v) is 6.70. The number of carbonyl (C=O) groups is 3. The number of para-hydroxylation sites is 2. The van der Waals surface area contributed by atoms with E-state index in [2.05, 4.69) is 17.5 Å². The van der Waals surface area contributed by atoms with Gasteiger partial charge in [-0.1, -0.05) is 24.3 Å². The molecule has 6 heteroatoms. The smallest absolute Gasteiger partial charge is 0.233 e. The standard InChI is InChI=1S/C21H22N2O4/c1-27-16-5-3-2-4-15(16)22-17(24)8-9-23-20(25)18-11-6-7-12(14-10-13(11)14)19(18)21(23)26/h2-7,11-14,18-19H,8-10H2,1H3,(H,22,24)/t11-,12+,13-,14-,18+,19-/m1/s1. The number of amides is 3. The lowest BCUT2D eigenvalue weighted by Gasteiger charge is -2.37. The molecular weight excluding hydrogens is 344 g/mol. The quantitative estimate of drug-likeness (QED) is 0.639. The fraction of sp³-hybridized carbons (Fsp3) is 0.476. The summed E-state index contributed by atoms with van der Waals surface area (Å²) >= 11 is 0. The zero-order valence-corrected chi connectivity index (χ0v) is 15.1. The first-order valence-electron chi connectivity index (χ1n) is 9.56. The lowest BCUT2D eigenvalue weighted by atomic mass is 9.63. The topological polar surface area (TPSA) is 75.7 Å². The molecule has 0 unspecified atom stereocenters. The number of benzene rings is 1. The minimum absolute atomic E-state index is 0.0835. The average molecular weight is 366 g/mol. The maximum Gasteiger partial charge on any atom is 0.233 e. The Bertz CT molecular complexity index is 827. The molecular formula is C21H22N2O4. The number of carbonyl (C=O) groups excluding carboxylic acids is 3. The monoisotopic (exact) mass is 366 g/mol. The highest BCUT2D eigenvalue weighted by Crippen LogP contribution is 2.65. The van der Waals surface area contributed by atoms with E-state index in [0.29, 0.717) is 23.3 Å². The zero-order valence-electron chi connectivity index (χ0n) is 15.1. The van der Waals surface area contributed by atoms with Crippen molar-refractivity contribution in [3.8, 4) is 5.75 Å². The number of anilines is 1. The summed E-state index contributed by atoms with van der Waals surface area (Å²) in [6, 6.07) is 7.16. The number of nitrogens with one attached hydrogen (secondary N) is 1. The molecule has 0 radical (unpaired) electrons. The summed E-state index contributed by atoms with van der Waals surface area (Å²) in [6.45, 7) is 0.139. The molecule has 0 aromatic heterocycles. The van der Waals surface area contributed by atoms with Crippen LogP contribution in [-0.4, -0.2) is 36.3 Å². The summed E-state index contributed by atoms with van der Waals surface area (Å²) in [4.78, 5) is 39.5. The number of hydrogen-bond donors (Lipinski definition) is 1. The van der Waals surface area contributed by atoms with Crippen LogP contribution in [0, 0.1) is 35.5 Å². The maximum atomic E-state index is 12.9. The zero-order chi connectivity index (χ0) is 18.7. The summed E-state index contributed by atoms with van der Waals surface area (Å²) in [5.41, 5.74) is 0.583.